The highest BCUT2D eigenvalue weighted by atomic mass is 32.1. The fourth-order valence-corrected chi connectivity index (χ4v) is 4.65. The number of carbonyl (C=O) groups is 2. The Morgan fingerprint density at radius 3 is 2.29 bits per heavy atom. The molecule has 0 bridgehead atoms. The lowest BCUT2D eigenvalue weighted by Gasteiger charge is -2.18. The number of hydrogen-bond donors (Lipinski definition) is 1. The van der Waals surface area contributed by atoms with E-state index in [-0.39, 0.29) is 18.4 Å². The Labute approximate surface area is 187 Å². The van der Waals surface area contributed by atoms with Crippen LogP contribution >= 0.6 is 11.3 Å². The third kappa shape index (κ3) is 5.33. The molecule has 0 atom stereocenters. The number of aryl methyl sites for hydroxylation is 3. The second-order valence-corrected chi connectivity index (χ2v) is 8.64. The summed E-state index contributed by atoms with van der Waals surface area (Å²) in [4.78, 5) is 28.7. The minimum atomic E-state index is -0.233. The van der Waals surface area contributed by atoms with Crippen LogP contribution in [0.3, 0.4) is 0 Å². The van der Waals surface area contributed by atoms with Crippen LogP contribution in [-0.2, 0) is 4.79 Å². The number of amides is 2. The Bertz CT molecular complexity index is 1070. The van der Waals surface area contributed by atoms with Gasteiger partial charge in [-0.1, -0.05) is 48.0 Å². The lowest BCUT2D eigenvalue weighted by molar-refractivity contribution is -0.116. The number of nitrogens with one attached hydrogen (secondary N) is 1. The second-order valence-electron chi connectivity index (χ2n) is 7.59. The number of benzene rings is 2. The number of hydrogen-bond acceptors (Lipinski definition) is 4. The summed E-state index contributed by atoms with van der Waals surface area (Å²) < 4.78 is 5.72. The van der Waals surface area contributed by atoms with Crippen molar-refractivity contribution in [2.24, 2.45) is 0 Å². The average molecular weight is 437 g/mol. The number of thiophene rings is 1. The molecule has 162 valence electrons. The van der Waals surface area contributed by atoms with Crippen LogP contribution in [0.4, 0.5) is 5.69 Å². The van der Waals surface area contributed by atoms with E-state index in [2.05, 4.69) is 5.32 Å². The molecule has 0 aliphatic rings. The molecule has 0 unspecified atom stereocenters. The van der Waals surface area contributed by atoms with Crippen LogP contribution in [0, 0.1) is 20.8 Å². The Morgan fingerprint density at radius 2 is 1.68 bits per heavy atom. The molecule has 0 fully saturated rings. The Kier molecular flexibility index (Phi) is 7.13. The molecule has 0 saturated carbocycles. The van der Waals surface area contributed by atoms with Gasteiger partial charge < -0.3 is 15.0 Å². The predicted octanol–water partition coefficient (Wildman–Crippen LogP) is 5.45. The van der Waals surface area contributed by atoms with E-state index in [0.717, 1.165) is 32.8 Å². The second kappa shape index (κ2) is 9.79. The average Bonchev–Trinajstić information content (AvgIpc) is 3.15. The highest BCUT2D eigenvalue weighted by Gasteiger charge is 2.23. The monoisotopic (exact) mass is 436 g/mol. The first-order valence-corrected chi connectivity index (χ1v) is 11.1. The Balaban J connectivity index is 1.76. The zero-order chi connectivity index (χ0) is 22.5. The first-order valence-electron chi connectivity index (χ1n) is 10.2. The van der Waals surface area contributed by atoms with Crippen molar-refractivity contribution in [1.29, 1.82) is 0 Å². The van der Waals surface area contributed by atoms with Crippen molar-refractivity contribution in [3.05, 3.63) is 70.1 Å². The zero-order valence-electron chi connectivity index (χ0n) is 18.6. The van der Waals surface area contributed by atoms with Gasteiger partial charge in [-0.3, -0.25) is 9.59 Å². The predicted molar refractivity (Wildman–Crippen MR) is 127 cm³/mol. The fourth-order valence-electron chi connectivity index (χ4n) is 3.55. The van der Waals surface area contributed by atoms with Crippen molar-refractivity contribution in [2.45, 2.75) is 27.7 Å². The fraction of sp³-hybridized carbons (Fsp3) is 0.280. The smallest absolute Gasteiger partial charge is 0.267 e. The van der Waals surface area contributed by atoms with Gasteiger partial charge in [0, 0.05) is 17.6 Å². The summed E-state index contributed by atoms with van der Waals surface area (Å²) in [5, 5.41) is 2.95. The molecule has 0 aliphatic heterocycles. The van der Waals surface area contributed by atoms with Crippen LogP contribution in [0.5, 0.6) is 5.75 Å². The number of rotatable bonds is 7. The first kappa shape index (κ1) is 22.6. The topological polar surface area (TPSA) is 58.6 Å². The van der Waals surface area contributed by atoms with Crippen molar-refractivity contribution < 1.29 is 14.3 Å². The van der Waals surface area contributed by atoms with Crippen LogP contribution < -0.4 is 10.1 Å². The molecule has 0 spiro atoms. The number of likely N-dealkylation sites (N-methyl/N-ethyl adjacent to an activating group) is 1. The van der Waals surface area contributed by atoms with Gasteiger partial charge in [0.15, 0.2) is 0 Å². The van der Waals surface area contributed by atoms with Crippen LogP contribution in [0.25, 0.3) is 10.4 Å². The van der Waals surface area contributed by atoms with Gasteiger partial charge in [-0.05, 0) is 50.5 Å². The molecule has 31 heavy (non-hydrogen) atoms. The number of ether oxygens (including phenoxy) is 1. The molecular weight excluding hydrogens is 408 g/mol. The summed E-state index contributed by atoms with van der Waals surface area (Å²) in [5.41, 5.74) is 4.98. The van der Waals surface area contributed by atoms with Crippen LogP contribution in [-0.4, -0.2) is 36.9 Å². The lowest BCUT2D eigenvalue weighted by atomic mass is 10.1. The standard InChI is InChI=1S/C25H28N2O3S/c1-6-30-20-14-21(19-10-8-7-9-11-19)31-24(20)25(29)27(5)15-22(28)26-23-17(3)12-16(2)13-18(23)4/h7-14H,6,15H2,1-5H3,(H,26,28). The van der Waals surface area contributed by atoms with Crippen LogP contribution in [0.1, 0.15) is 33.3 Å². The normalized spacial score (nSPS) is 10.6. The van der Waals surface area contributed by atoms with E-state index in [1.165, 1.54) is 16.2 Å². The van der Waals surface area contributed by atoms with E-state index in [1.54, 1.807) is 7.05 Å². The number of anilines is 1. The van der Waals surface area contributed by atoms with E-state index in [1.807, 2.05) is 76.2 Å². The summed E-state index contributed by atoms with van der Waals surface area (Å²) in [6, 6.07) is 15.8. The highest BCUT2D eigenvalue weighted by Crippen LogP contribution is 2.37. The van der Waals surface area contributed by atoms with Gasteiger partial charge in [0.1, 0.15) is 10.6 Å². The molecule has 2 amide bonds. The van der Waals surface area contributed by atoms with Crippen LogP contribution in [0.2, 0.25) is 0 Å². The van der Waals surface area contributed by atoms with Crippen LogP contribution in [0.15, 0.2) is 48.5 Å². The SMILES string of the molecule is CCOc1cc(-c2ccccc2)sc1C(=O)N(C)CC(=O)Nc1c(C)cc(C)cc1C. The molecular formula is C25H28N2O3S. The van der Waals surface area contributed by atoms with Crippen molar-refractivity contribution in [3.8, 4) is 16.2 Å². The summed E-state index contributed by atoms with van der Waals surface area (Å²) in [5.74, 6) is 0.0840. The van der Waals surface area contributed by atoms with E-state index >= 15 is 0 Å². The summed E-state index contributed by atoms with van der Waals surface area (Å²) >= 11 is 1.38. The molecule has 2 aromatic carbocycles. The molecule has 1 aromatic heterocycles. The van der Waals surface area contributed by atoms with Crippen molar-refractivity contribution in [2.75, 3.05) is 25.5 Å². The minimum absolute atomic E-state index is 0.0459. The third-order valence-electron chi connectivity index (χ3n) is 4.92. The van der Waals surface area contributed by atoms with E-state index in [0.29, 0.717) is 17.2 Å². The molecule has 1 N–H and O–H groups in total. The summed E-state index contributed by atoms with van der Waals surface area (Å²) in [6.07, 6.45) is 0. The Morgan fingerprint density at radius 1 is 1.03 bits per heavy atom. The van der Waals surface area contributed by atoms with Gasteiger partial charge in [-0.25, -0.2) is 0 Å². The molecule has 3 rings (SSSR count). The summed E-state index contributed by atoms with van der Waals surface area (Å²) in [6.45, 7) is 8.26. The first-order chi connectivity index (χ1) is 14.8. The minimum Gasteiger partial charge on any atom is -0.492 e. The third-order valence-corrected chi connectivity index (χ3v) is 6.07. The van der Waals surface area contributed by atoms with Gasteiger partial charge in [-0.15, -0.1) is 11.3 Å². The van der Waals surface area contributed by atoms with Gasteiger partial charge >= 0.3 is 0 Å². The lowest BCUT2D eigenvalue weighted by Crippen LogP contribution is -2.35. The molecule has 3 aromatic rings. The van der Waals surface area contributed by atoms with E-state index in [4.69, 9.17) is 4.74 Å². The van der Waals surface area contributed by atoms with E-state index in [9.17, 15) is 9.59 Å². The number of nitrogens with zero attached hydrogens (tertiary/aromatic N) is 1. The molecule has 0 radical (unpaired) electrons. The van der Waals surface area contributed by atoms with E-state index < -0.39 is 0 Å². The van der Waals surface area contributed by atoms with Crippen molar-refractivity contribution in [1.82, 2.24) is 4.90 Å². The van der Waals surface area contributed by atoms with Crippen molar-refractivity contribution in [3.63, 3.8) is 0 Å². The number of carbonyl (C=O) groups excluding carboxylic acids is 2. The van der Waals surface area contributed by atoms with Gasteiger partial charge in [-0.2, -0.15) is 0 Å². The quantitative estimate of drug-likeness (QED) is 0.536. The zero-order valence-corrected chi connectivity index (χ0v) is 19.4. The maximum atomic E-state index is 13.1. The maximum absolute atomic E-state index is 13.1. The van der Waals surface area contributed by atoms with Gasteiger partial charge in [0.2, 0.25) is 5.91 Å². The summed E-state index contributed by atoms with van der Waals surface area (Å²) in [7, 11) is 1.63. The Hall–Kier alpha value is -3.12. The highest BCUT2D eigenvalue weighted by molar-refractivity contribution is 7.17. The maximum Gasteiger partial charge on any atom is 0.267 e. The van der Waals surface area contributed by atoms with Gasteiger partial charge in [0.25, 0.3) is 5.91 Å². The molecule has 1 heterocycles. The molecule has 5 nitrogen and oxygen atoms in total. The van der Waals surface area contributed by atoms with Crippen molar-refractivity contribution >= 4 is 28.8 Å². The molecule has 0 aliphatic carbocycles. The molecule has 6 heteroatoms. The molecule has 0 saturated heterocycles. The van der Waals surface area contributed by atoms with Gasteiger partial charge in [0.05, 0.1) is 13.2 Å². The largest absolute Gasteiger partial charge is 0.492 e.